The molecule has 8 heteroatoms. The van der Waals surface area contributed by atoms with Gasteiger partial charge in [-0.25, -0.2) is 9.97 Å². The Morgan fingerprint density at radius 1 is 1.59 bits per heavy atom. The second kappa shape index (κ2) is 6.60. The van der Waals surface area contributed by atoms with E-state index in [1.807, 2.05) is 12.3 Å². The summed E-state index contributed by atoms with van der Waals surface area (Å²) in [6, 6.07) is 1.54. The normalized spacial score (nSPS) is 17.5. The third kappa shape index (κ3) is 3.55. The summed E-state index contributed by atoms with van der Waals surface area (Å²) in [5.41, 5.74) is 1.21. The smallest absolute Gasteiger partial charge is 0.259 e. The van der Waals surface area contributed by atoms with E-state index in [9.17, 15) is 4.79 Å². The van der Waals surface area contributed by atoms with Crippen LogP contribution < -0.4 is 10.1 Å². The lowest BCUT2D eigenvalue weighted by Crippen LogP contribution is -2.17. The largest absolute Gasteiger partial charge is 0.471 e. The molecule has 0 bridgehead atoms. The van der Waals surface area contributed by atoms with E-state index >= 15 is 0 Å². The van der Waals surface area contributed by atoms with Gasteiger partial charge in [-0.3, -0.25) is 10.1 Å². The lowest BCUT2D eigenvalue weighted by Gasteiger charge is -2.12. The predicted molar refractivity (Wildman–Crippen MR) is 83.9 cm³/mol. The van der Waals surface area contributed by atoms with Gasteiger partial charge in [-0.1, -0.05) is 11.6 Å². The van der Waals surface area contributed by atoms with Crippen molar-refractivity contribution in [2.45, 2.75) is 19.4 Å². The van der Waals surface area contributed by atoms with Crippen LogP contribution in [0.3, 0.4) is 0 Å². The maximum Gasteiger partial charge on any atom is 0.259 e. The summed E-state index contributed by atoms with van der Waals surface area (Å²) in [7, 11) is 0. The molecule has 1 aliphatic rings. The van der Waals surface area contributed by atoms with Crippen LogP contribution in [-0.4, -0.2) is 35.2 Å². The number of aryl methyl sites for hydroxylation is 1. The summed E-state index contributed by atoms with van der Waals surface area (Å²) in [6.45, 7) is 3.07. The first-order chi connectivity index (χ1) is 10.6. The van der Waals surface area contributed by atoms with E-state index in [1.54, 1.807) is 0 Å². The Morgan fingerprint density at radius 3 is 3.09 bits per heavy atom. The predicted octanol–water partition coefficient (Wildman–Crippen LogP) is 2.92. The highest BCUT2D eigenvalue weighted by Crippen LogP contribution is 2.25. The molecular weight excluding hydrogens is 326 g/mol. The first kappa shape index (κ1) is 15.2. The number of pyridine rings is 1. The molecule has 0 spiro atoms. The molecule has 1 amide bonds. The van der Waals surface area contributed by atoms with Gasteiger partial charge in [0.1, 0.15) is 11.1 Å². The van der Waals surface area contributed by atoms with Gasteiger partial charge in [-0.2, -0.15) is 0 Å². The molecule has 1 atom stereocenters. The monoisotopic (exact) mass is 339 g/mol. The number of hydrogen-bond donors (Lipinski definition) is 1. The number of ether oxygens (including phenoxy) is 2. The third-order valence-electron chi connectivity index (χ3n) is 3.08. The Balaban J connectivity index is 1.69. The highest BCUT2D eigenvalue weighted by Gasteiger charge is 2.20. The minimum absolute atomic E-state index is 0.0389. The lowest BCUT2D eigenvalue weighted by molar-refractivity contribution is 0.102. The van der Waals surface area contributed by atoms with Gasteiger partial charge in [0.2, 0.25) is 5.88 Å². The average molecular weight is 340 g/mol. The quantitative estimate of drug-likeness (QED) is 0.927. The molecule has 3 heterocycles. The van der Waals surface area contributed by atoms with E-state index in [4.69, 9.17) is 21.1 Å². The standard InChI is InChI=1S/C14H14ClN3O3S/c1-8-7-22-14(17-8)18-12(19)9-4-11(15)13(16-5-9)21-10-2-3-20-6-10/h4-5,7,10H,2-3,6H2,1H3,(H,17,18,19)/t10-/m1/s1. The lowest BCUT2D eigenvalue weighted by atomic mass is 10.2. The third-order valence-corrected chi connectivity index (χ3v) is 4.22. The molecule has 0 unspecified atom stereocenters. The number of nitrogens with one attached hydrogen (secondary N) is 1. The average Bonchev–Trinajstić information content (AvgIpc) is 3.13. The van der Waals surface area contributed by atoms with Gasteiger partial charge in [0.25, 0.3) is 5.91 Å². The van der Waals surface area contributed by atoms with E-state index < -0.39 is 0 Å². The molecule has 0 saturated carbocycles. The molecule has 2 aromatic rings. The van der Waals surface area contributed by atoms with Gasteiger partial charge >= 0.3 is 0 Å². The second-order valence-corrected chi connectivity index (χ2v) is 6.13. The summed E-state index contributed by atoms with van der Waals surface area (Å²) >= 11 is 7.50. The highest BCUT2D eigenvalue weighted by atomic mass is 35.5. The number of amides is 1. The molecule has 1 aliphatic heterocycles. The van der Waals surface area contributed by atoms with Gasteiger partial charge in [-0.15, -0.1) is 11.3 Å². The number of hydrogen-bond acceptors (Lipinski definition) is 6. The van der Waals surface area contributed by atoms with E-state index in [1.165, 1.54) is 23.6 Å². The van der Waals surface area contributed by atoms with E-state index in [2.05, 4.69) is 15.3 Å². The maximum absolute atomic E-state index is 12.1. The topological polar surface area (TPSA) is 73.3 Å². The Bertz CT molecular complexity index is 686. The van der Waals surface area contributed by atoms with Crippen molar-refractivity contribution >= 4 is 34.0 Å². The number of nitrogens with zero attached hydrogens (tertiary/aromatic N) is 2. The van der Waals surface area contributed by atoms with Crippen molar-refractivity contribution in [2.24, 2.45) is 0 Å². The highest BCUT2D eigenvalue weighted by molar-refractivity contribution is 7.13. The molecule has 1 fully saturated rings. The van der Waals surface area contributed by atoms with Gasteiger partial charge in [0, 0.05) is 18.0 Å². The summed E-state index contributed by atoms with van der Waals surface area (Å²) < 4.78 is 10.9. The number of thiazole rings is 1. The fraction of sp³-hybridized carbons (Fsp3) is 0.357. The zero-order valence-corrected chi connectivity index (χ0v) is 13.4. The van der Waals surface area contributed by atoms with Crippen molar-refractivity contribution in [1.82, 2.24) is 9.97 Å². The molecular formula is C14H14ClN3O3S. The zero-order valence-electron chi connectivity index (χ0n) is 11.8. The van der Waals surface area contributed by atoms with Crippen LogP contribution in [0.2, 0.25) is 5.02 Å². The minimum atomic E-state index is -0.306. The van der Waals surface area contributed by atoms with Gasteiger partial charge in [-0.05, 0) is 13.0 Å². The van der Waals surface area contributed by atoms with Crippen LogP contribution in [0.25, 0.3) is 0 Å². The number of carbonyl (C=O) groups is 1. The van der Waals surface area contributed by atoms with Crippen LogP contribution in [0.5, 0.6) is 5.88 Å². The van der Waals surface area contributed by atoms with Crippen molar-refractivity contribution in [1.29, 1.82) is 0 Å². The Kier molecular flexibility index (Phi) is 4.56. The molecule has 2 aromatic heterocycles. The first-order valence-electron chi connectivity index (χ1n) is 6.75. The number of aromatic nitrogens is 2. The van der Waals surface area contributed by atoms with Crippen LogP contribution in [0, 0.1) is 6.92 Å². The molecule has 0 aliphatic carbocycles. The summed E-state index contributed by atoms with van der Waals surface area (Å²) in [5.74, 6) is 0.0123. The van der Waals surface area contributed by atoms with E-state index in [-0.39, 0.29) is 12.0 Å². The van der Waals surface area contributed by atoms with Crippen LogP contribution >= 0.6 is 22.9 Å². The number of carbonyl (C=O) groups excluding carboxylic acids is 1. The molecule has 22 heavy (non-hydrogen) atoms. The number of anilines is 1. The molecule has 3 rings (SSSR count). The van der Waals surface area contributed by atoms with Gasteiger partial charge in [0.15, 0.2) is 5.13 Å². The molecule has 1 N–H and O–H groups in total. The molecule has 0 aromatic carbocycles. The Labute approximate surface area is 136 Å². The fourth-order valence-corrected chi connectivity index (χ4v) is 2.87. The minimum Gasteiger partial charge on any atom is -0.471 e. The van der Waals surface area contributed by atoms with Gasteiger partial charge in [0.05, 0.1) is 24.5 Å². The Morgan fingerprint density at radius 2 is 2.45 bits per heavy atom. The molecule has 0 radical (unpaired) electrons. The summed E-state index contributed by atoms with van der Waals surface area (Å²) in [6.07, 6.45) is 2.21. The summed E-state index contributed by atoms with van der Waals surface area (Å²) in [5, 5.41) is 5.41. The van der Waals surface area contributed by atoms with Crippen molar-refractivity contribution in [3.05, 3.63) is 33.9 Å². The zero-order chi connectivity index (χ0) is 15.5. The van der Waals surface area contributed by atoms with Crippen LogP contribution in [0.1, 0.15) is 22.5 Å². The SMILES string of the molecule is Cc1csc(NC(=O)c2cnc(O[C@@H]3CCOC3)c(Cl)c2)n1. The maximum atomic E-state index is 12.1. The van der Waals surface area contributed by atoms with Gasteiger partial charge < -0.3 is 9.47 Å². The van der Waals surface area contributed by atoms with E-state index in [0.29, 0.717) is 34.8 Å². The number of halogens is 1. The van der Waals surface area contributed by atoms with Crippen LogP contribution in [-0.2, 0) is 4.74 Å². The second-order valence-electron chi connectivity index (χ2n) is 4.86. The molecule has 1 saturated heterocycles. The fourth-order valence-electron chi connectivity index (χ4n) is 1.98. The molecule has 6 nitrogen and oxygen atoms in total. The summed E-state index contributed by atoms with van der Waals surface area (Å²) in [4.78, 5) is 20.4. The van der Waals surface area contributed by atoms with Crippen LogP contribution in [0.4, 0.5) is 5.13 Å². The van der Waals surface area contributed by atoms with E-state index in [0.717, 1.165) is 12.1 Å². The van der Waals surface area contributed by atoms with Crippen LogP contribution in [0.15, 0.2) is 17.6 Å². The van der Waals surface area contributed by atoms with Crippen molar-refractivity contribution in [3.8, 4) is 5.88 Å². The van der Waals surface area contributed by atoms with Crippen molar-refractivity contribution < 1.29 is 14.3 Å². The molecule has 116 valence electrons. The van der Waals surface area contributed by atoms with Crippen molar-refractivity contribution in [2.75, 3.05) is 18.5 Å². The number of rotatable bonds is 4. The Hall–Kier alpha value is -1.70. The van der Waals surface area contributed by atoms with Crippen molar-refractivity contribution in [3.63, 3.8) is 0 Å². The first-order valence-corrected chi connectivity index (χ1v) is 8.01.